The lowest BCUT2D eigenvalue weighted by Crippen LogP contribution is -2.23. The Kier molecular flexibility index (Phi) is 3.32. The van der Waals surface area contributed by atoms with E-state index in [0.717, 1.165) is 19.5 Å². The van der Waals surface area contributed by atoms with Crippen molar-refractivity contribution in [1.82, 2.24) is 9.97 Å². The molecule has 2 heterocycles. The van der Waals surface area contributed by atoms with Crippen LogP contribution in [0.2, 0.25) is 0 Å². The van der Waals surface area contributed by atoms with Crippen molar-refractivity contribution in [2.45, 2.75) is 19.5 Å². The second-order valence-electron chi connectivity index (χ2n) is 4.52. The van der Waals surface area contributed by atoms with Crippen molar-refractivity contribution in [3.8, 4) is 0 Å². The smallest absolute Gasteiger partial charge is 0.373 e. The van der Waals surface area contributed by atoms with E-state index >= 15 is 0 Å². The fourth-order valence-corrected chi connectivity index (χ4v) is 1.99. The normalized spacial score (nSPS) is 20.3. The van der Waals surface area contributed by atoms with Crippen LogP contribution in [0.15, 0.2) is 6.07 Å². The van der Waals surface area contributed by atoms with E-state index in [1.165, 1.54) is 0 Å². The van der Waals surface area contributed by atoms with Crippen molar-refractivity contribution in [3.63, 3.8) is 0 Å². The Bertz CT molecular complexity index is 433. The van der Waals surface area contributed by atoms with Crippen LogP contribution < -0.4 is 10.2 Å². The highest BCUT2D eigenvalue weighted by atomic mass is 19.4. The van der Waals surface area contributed by atoms with Crippen LogP contribution in [0.25, 0.3) is 0 Å². The van der Waals surface area contributed by atoms with E-state index in [2.05, 4.69) is 22.2 Å². The molecule has 4 nitrogen and oxygen atoms in total. The predicted octanol–water partition coefficient (Wildman–Crippen LogP) is 2.38. The summed E-state index contributed by atoms with van der Waals surface area (Å²) in [6, 6.07) is 1.55. The average Bonchev–Trinajstić information content (AvgIpc) is 2.74. The maximum absolute atomic E-state index is 12.7. The first kappa shape index (κ1) is 12.9. The van der Waals surface area contributed by atoms with Gasteiger partial charge in [-0.25, -0.2) is 9.97 Å². The maximum atomic E-state index is 12.7. The van der Waals surface area contributed by atoms with Crippen LogP contribution in [0.4, 0.5) is 24.8 Å². The Hall–Kier alpha value is -1.53. The van der Waals surface area contributed by atoms with Crippen LogP contribution >= 0.6 is 0 Å². The number of nitrogens with one attached hydrogen (secondary N) is 1. The van der Waals surface area contributed by atoms with Gasteiger partial charge < -0.3 is 10.2 Å². The summed E-state index contributed by atoms with van der Waals surface area (Å²) in [5.41, 5.74) is 0. The molecule has 1 unspecified atom stereocenters. The topological polar surface area (TPSA) is 41.0 Å². The van der Waals surface area contributed by atoms with Crippen LogP contribution in [-0.4, -0.2) is 30.1 Å². The number of rotatable bonds is 2. The Labute approximate surface area is 103 Å². The van der Waals surface area contributed by atoms with E-state index in [0.29, 0.717) is 11.7 Å². The third-order valence-corrected chi connectivity index (χ3v) is 2.97. The SMILES string of the molecule is CNc1cc(N2CCC(C)C2)nc(C(F)(F)F)n1. The molecule has 0 bridgehead atoms. The van der Waals surface area contributed by atoms with E-state index in [9.17, 15) is 13.2 Å². The number of anilines is 2. The summed E-state index contributed by atoms with van der Waals surface area (Å²) in [4.78, 5) is 8.92. The number of hydrogen-bond acceptors (Lipinski definition) is 4. The molecule has 1 aliphatic rings. The van der Waals surface area contributed by atoms with Crippen LogP contribution in [-0.2, 0) is 6.18 Å². The van der Waals surface area contributed by atoms with E-state index in [1.807, 2.05) is 4.90 Å². The summed E-state index contributed by atoms with van der Waals surface area (Å²) in [5.74, 6) is -0.0888. The van der Waals surface area contributed by atoms with Crippen LogP contribution in [0.5, 0.6) is 0 Å². The molecule has 1 aliphatic heterocycles. The van der Waals surface area contributed by atoms with Crippen LogP contribution in [0.3, 0.4) is 0 Å². The van der Waals surface area contributed by atoms with Gasteiger partial charge in [-0.15, -0.1) is 0 Å². The molecular formula is C11H15F3N4. The number of aromatic nitrogens is 2. The van der Waals surface area contributed by atoms with E-state index < -0.39 is 12.0 Å². The number of halogens is 3. The quantitative estimate of drug-likeness (QED) is 0.886. The molecular weight excluding hydrogens is 245 g/mol. The van der Waals surface area contributed by atoms with Gasteiger partial charge in [0.25, 0.3) is 0 Å². The largest absolute Gasteiger partial charge is 0.451 e. The van der Waals surface area contributed by atoms with Gasteiger partial charge >= 0.3 is 6.18 Å². The molecule has 100 valence electrons. The summed E-state index contributed by atoms with van der Waals surface area (Å²) in [6.07, 6.45) is -3.55. The van der Waals surface area contributed by atoms with E-state index in [1.54, 1.807) is 13.1 Å². The van der Waals surface area contributed by atoms with E-state index in [4.69, 9.17) is 0 Å². The lowest BCUT2D eigenvalue weighted by atomic mass is 10.2. The van der Waals surface area contributed by atoms with Crippen molar-refractivity contribution in [2.24, 2.45) is 5.92 Å². The van der Waals surface area contributed by atoms with Gasteiger partial charge in [-0.3, -0.25) is 0 Å². The highest BCUT2D eigenvalue weighted by molar-refractivity contribution is 5.50. The summed E-state index contributed by atoms with van der Waals surface area (Å²) < 4.78 is 38.0. The van der Waals surface area contributed by atoms with Gasteiger partial charge in [-0.2, -0.15) is 13.2 Å². The minimum atomic E-state index is -4.52. The molecule has 1 atom stereocenters. The van der Waals surface area contributed by atoms with Crippen LogP contribution in [0, 0.1) is 5.92 Å². The summed E-state index contributed by atoms with van der Waals surface area (Å²) in [7, 11) is 1.54. The van der Waals surface area contributed by atoms with Crippen molar-refractivity contribution in [2.75, 3.05) is 30.4 Å². The molecule has 2 rings (SSSR count). The zero-order valence-corrected chi connectivity index (χ0v) is 10.3. The summed E-state index contributed by atoms with van der Waals surface area (Å²) >= 11 is 0. The first-order chi connectivity index (χ1) is 8.40. The molecule has 1 aromatic heterocycles. The van der Waals surface area contributed by atoms with Gasteiger partial charge in [0.15, 0.2) is 0 Å². The molecule has 0 aromatic carbocycles. The molecule has 0 saturated carbocycles. The van der Waals surface area contributed by atoms with Crippen LogP contribution in [0.1, 0.15) is 19.2 Å². The first-order valence-corrected chi connectivity index (χ1v) is 5.79. The highest BCUT2D eigenvalue weighted by Gasteiger charge is 2.36. The zero-order chi connectivity index (χ0) is 13.3. The highest BCUT2D eigenvalue weighted by Crippen LogP contribution is 2.30. The van der Waals surface area contributed by atoms with Gasteiger partial charge in [0.1, 0.15) is 11.6 Å². The van der Waals surface area contributed by atoms with Gasteiger partial charge in [0.05, 0.1) is 0 Å². The molecule has 0 spiro atoms. The molecule has 1 saturated heterocycles. The molecule has 7 heteroatoms. The Morgan fingerprint density at radius 1 is 1.39 bits per heavy atom. The second kappa shape index (κ2) is 4.62. The zero-order valence-electron chi connectivity index (χ0n) is 10.3. The molecule has 0 radical (unpaired) electrons. The van der Waals surface area contributed by atoms with Crippen molar-refractivity contribution < 1.29 is 13.2 Å². The van der Waals surface area contributed by atoms with Crippen molar-refractivity contribution >= 4 is 11.6 Å². The fraction of sp³-hybridized carbons (Fsp3) is 0.636. The number of nitrogens with zero attached hydrogens (tertiary/aromatic N) is 3. The van der Waals surface area contributed by atoms with Gasteiger partial charge in [-0.1, -0.05) is 6.92 Å². The maximum Gasteiger partial charge on any atom is 0.451 e. The Morgan fingerprint density at radius 3 is 2.61 bits per heavy atom. The van der Waals surface area contributed by atoms with Gasteiger partial charge in [0, 0.05) is 26.2 Å². The fourth-order valence-electron chi connectivity index (χ4n) is 1.99. The molecule has 0 aliphatic carbocycles. The molecule has 0 amide bonds. The average molecular weight is 260 g/mol. The third-order valence-electron chi connectivity index (χ3n) is 2.97. The van der Waals surface area contributed by atoms with Gasteiger partial charge in [-0.05, 0) is 12.3 Å². The molecule has 1 aromatic rings. The lowest BCUT2D eigenvalue weighted by molar-refractivity contribution is -0.144. The molecule has 1 N–H and O–H groups in total. The predicted molar refractivity (Wildman–Crippen MR) is 62.6 cm³/mol. The summed E-state index contributed by atoms with van der Waals surface area (Å²) in [6.45, 7) is 3.54. The minimum absolute atomic E-state index is 0.187. The summed E-state index contributed by atoms with van der Waals surface area (Å²) in [5, 5.41) is 2.64. The molecule has 18 heavy (non-hydrogen) atoms. The Morgan fingerprint density at radius 2 is 2.11 bits per heavy atom. The van der Waals surface area contributed by atoms with E-state index in [-0.39, 0.29) is 5.82 Å². The molecule has 1 fully saturated rings. The lowest BCUT2D eigenvalue weighted by Gasteiger charge is -2.19. The number of alkyl halides is 3. The van der Waals surface area contributed by atoms with Crippen molar-refractivity contribution in [3.05, 3.63) is 11.9 Å². The second-order valence-corrected chi connectivity index (χ2v) is 4.52. The van der Waals surface area contributed by atoms with Gasteiger partial charge in [0.2, 0.25) is 5.82 Å². The monoisotopic (exact) mass is 260 g/mol. The third kappa shape index (κ3) is 2.65. The number of hydrogen-bond donors (Lipinski definition) is 1. The minimum Gasteiger partial charge on any atom is -0.373 e. The standard InChI is InChI=1S/C11H15F3N4/c1-7-3-4-18(6-7)9-5-8(15-2)16-10(17-9)11(12,13)14/h5,7H,3-4,6H2,1-2H3,(H,15,16,17). The Balaban J connectivity index is 2.35. The first-order valence-electron chi connectivity index (χ1n) is 5.79. The van der Waals surface area contributed by atoms with Crippen molar-refractivity contribution in [1.29, 1.82) is 0 Å².